The van der Waals surface area contributed by atoms with Crippen LogP contribution in [-0.2, 0) is 4.74 Å². The minimum Gasteiger partial charge on any atom is -0.444 e. The van der Waals surface area contributed by atoms with Gasteiger partial charge in [0.2, 0.25) is 0 Å². The van der Waals surface area contributed by atoms with Gasteiger partial charge in [-0.3, -0.25) is 0 Å². The maximum Gasteiger partial charge on any atom is 0.410 e. The first kappa shape index (κ1) is 10.7. The molecule has 0 aromatic heterocycles. The van der Waals surface area contributed by atoms with E-state index in [1.54, 1.807) is 0 Å². The maximum atomic E-state index is 11.9. The molecule has 2 fully saturated rings. The van der Waals surface area contributed by atoms with E-state index in [2.05, 4.69) is 5.32 Å². The summed E-state index contributed by atoms with van der Waals surface area (Å²) in [6, 6.07) is 0.875. The second kappa shape index (κ2) is 3.67. The summed E-state index contributed by atoms with van der Waals surface area (Å²) in [5.74, 6) is 0. The second-order valence-corrected chi connectivity index (χ2v) is 5.38. The van der Waals surface area contributed by atoms with Gasteiger partial charge in [0.05, 0.1) is 6.04 Å². The molecule has 1 saturated heterocycles. The third-order valence-electron chi connectivity index (χ3n) is 3.03. The SMILES string of the molecule is CC(C)(C)OC(=O)N1CCN[C@H]2CC[C@@H]21. The molecular weight excluding hydrogens is 192 g/mol. The van der Waals surface area contributed by atoms with E-state index >= 15 is 0 Å². The zero-order chi connectivity index (χ0) is 11.1. The zero-order valence-electron chi connectivity index (χ0n) is 9.75. The van der Waals surface area contributed by atoms with Gasteiger partial charge >= 0.3 is 6.09 Å². The molecule has 2 aliphatic rings. The van der Waals surface area contributed by atoms with Crippen molar-refractivity contribution in [2.24, 2.45) is 0 Å². The summed E-state index contributed by atoms with van der Waals surface area (Å²) in [7, 11) is 0. The van der Waals surface area contributed by atoms with Gasteiger partial charge in [-0.2, -0.15) is 0 Å². The number of amides is 1. The number of hydrogen-bond donors (Lipinski definition) is 1. The highest BCUT2D eigenvalue weighted by molar-refractivity contribution is 5.69. The molecule has 0 aromatic rings. The summed E-state index contributed by atoms with van der Waals surface area (Å²) in [5.41, 5.74) is -0.388. The molecule has 0 aromatic carbocycles. The van der Waals surface area contributed by atoms with Crippen LogP contribution in [-0.4, -0.2) is 41.8 Å². The molecule has 1 heterocycles. The third kappa shape index (κ3) is 2.25. The molecule has 0 bridgehead atoms. The Hall–Kier alpha value is -0.770. The van der Waals surface area contributed by atoms with E-state index in [1.807, 2.05) is 25.7 Å². The van der Waals surface area contributed by atoms with Crippen molar-refractivity contribution in [1.29, 1.82) is 0 Å². The highest BCUT2D eigenvalue weighted by Crippen LogP contribution is 2.29. The lowest BCUT2D eigenvalue weighted by Crippen LogP contribution is -2.65. The summed E-state index contributed by atoms with van der Waals surface area (Å²) in [4.78, 5) is 13.8. The van der Waals surface area contributed by atoms with Crippen LogP contribution in [0.25, 0.3) is 0 Å². The summed E-state index contributed by atoms with van der Waals surface area (Å²) in [6.45, 7) is 7.39. The molecule has 1 saturated carbocycles. The van der Waals surface area contributed by atoms with Crippen LogP contribution in [0.4, 0.5) is 4.79 Å². The number of hydrogen-bond acceptors (Lipinski definition) is 3. The number of nitrogens with one attached hydrogen (secondary N) is 1. The van der Waals surface area contributed by atoms with Gasteiger partial charge in [-0.25, -0.2) is 4.79 Å². The number of rotatable bonds is 0. The number of piperazine rings is 1. The average molecular weight is 212 g/mol. The van der Waals surface area contributed by atoms with Crippen molar-refractivity contribution in [3.63, 3.8) is 0 Å². The molecule has 4 heteroatoms. The van der Waals surface area contributed by atoms with Crippen LogP contribution < -0.4 is 5.32 Å². The average Bonchev–Trinajstić information content (AvgIpc) is 2.03. The lowest BCUT2D eigenvalue weighted by atomic mass is 9.83. The Labute approximate surface area is 91.0 Å². The molecule has 4 nitrogen and oxygen atoms in total. The highest BCUT2D eigenvalue weighted by atomic mass is 16.6. The first-order chi connectivity index (χ1) is 6.97. The molecular formula is C11H20N2O2. The van der Waals surface area contributed by atoms with Crippen LogP contribution >= 0.6 is 0 Å². The lowest BCUT2D eigenvalue weighted by molar-refractivity contribution is -0.0104. The monoisotopic (exact) mass is 212 g/mol. The zero-order valence-corrected chi connectivity index (χ0v) is 9.75. The number of ether oxygens (including phenoxy) is 1. The standard InChI is InChI=1S/C11H20N2O2/c1-11(2,3)15-10(14)13-7-6-12-8-4-5-9(8)13/h8-9,12H,4-7H2,1-3H3/t8-,9-/m0/s1. The van der Waals surface area contributed by atoms with E-state index in [0.29, 0.717) is 12.1 Å². The Morgan fingerprint density at radius 1 is 1.40 bits per heavy atom. The minimum atomic E-state index is -0.388. The van der Waals surface area contributed by atoms with Crippen LogP contribution in [0.2, 0.25) is 0 Å². The fraction of sp³-hybridized carbons (Fsp3) is 0.909. The predicted molar refractivity (Wildman–Crippen MR) is 57.8 cm³/mol. The molecule has 2 rings (SSSR count). The number of fused-ring (bicyclic) bond motifs is 1. The molecule has 0 spiro atoms. The molecule has 1 aliphatic carbocycles. The maximum absolute atomic E-state index is 11.9. The summed E-state index contributed by atoms with van der Waals surface area (Å²) in [6.07, 6.45) is 2.14. The second-order valence-electron chi connectivity index (χ2n) is 5.38. The Kier molecular flexibility index (Phi) is 2.63. The van der Waals surface area contributed by atoms with Crippen LogP contribution in [0, 0.1) is 0 Å². The third-order valence-corrected chi connectivity index (χ3v) is 3.03. The fourth-order valence-electron chi connectivity index (χ4n) is 2.18. The Balaban J connectivity index is 1.94. The van der Waals surface area contributed by atoms with Crippen LogP contribution in [0.15, 0.2) is 0 Å². The van der Waals surface area contributed by atoms with Crippen molar-refractivity contribution in [2.75, 3.05) is 13.1 Å². The molecule has 1 amide bonds. The van der Waals surface area contributed by atoms with Gasteiger partial charge in [-0.1, -0.05) is 0 Å². The summed E-state index contributed by atoms with van der Waals surface area (Å²) >= 11 is 0. The van der Waals surface area contributed by atoms with E-state index in [-0.39, 0.29) is 11.7 Å². The summed E-state index contributed by atoms with van der Waals surface area (Å²) in [5, 5.41) is 3.42. The van der Waals surface area contributed by atoms with Crippen molar-refractivity contribution in [3.8, 4) is 0 Å². The molecule has 1 aliphatic heterocycles. The van der Waals surface area contributed by atoms with E-state index in [9.17, 15) is 4.79 Å². The number of carbonyl (C=O) groups excluding carboxylic acids is 1. The fourth-order valence-corrected chi connectivity index (χ4v) is 2.18. The van der Waals surface area contributed by atoms with Crippen molar-refractivity contribution >= 4 is 6.09 Å². The molecule has 1 N–H and O–H groups in total. The van der Waals surface area contributed by atoms with Crippen molar-refractivity contribution < 1.29 is 9.53 Å². The van der Waals surface area contributed by atoms with E-state index in [0.717, 1.165) is 19.5 Å². The van der Waals surface area contributed by atoms with Gasteiger partial charge < -0.3 is 15.0 Å². The first-order valence-electron chi connectivity index (χ1n) is 5.70. The van der Waals surface area contributed by atoms with Crippen molar-refractivity contribution in [2.45, 2.75) is 51.3 Å². The Morgan fingerprint density at radius 2 is 2.13 bits per heavy atom. The van der Waals surface area contributed by atoms with E-state index in [1.165, 1.54) is 6.42 Å². The molecule has 2 atom stereocenters. The number of carbonyl (C=O) groups is 1. The van der Waals surface area contributed by atoms with Gasteiger partial charge in [0.15, 0.2) is 0 Å². The van der Waals surface area contributed by atoms with Crippen molar-refractivity contribution in [1.82, 2.24) is 10.2 Å². The largest absolute Gasteiger partial charge is 0.444 e. The highest BCUT2D eigenvalue weighted by Gasteiger charge is 2.41. The first-order valence-corrected chi connectivity index (χ1v) is 5.70. The van der Waals surface area contributed by atoms with Crippen LogP contribution in [0.3, 0.4) is 0 Å². The quantitative estimate of drug-likeness (QED) is 0.659. The van der Waals surface area contributed by atoms with Gasteiger partial charge in [-0.05, 0) is 33.6 Å². The predicted octanol–water partition coefficient (Wildman–Crippen LogP) is 1.36. The minimum absolute atomic E-state index is 0.154. The van der Waals surface area contributed by atoms with Gasteiger partial charge in [0.25, 0.3) is 0 Å². The van der Waals surface area contributed by atoms with Crippen molar-refractivity contribution in [3.05, 3.63) is 0 Å². The normalized spacial score (nSPS) is 30.5. The topological polar surface area (TPSA) is 41.6 Å². The molecule has 15 heavy (non-hydrogen) atoms. The molecule has 0 unspecified atom stereocenters. The van der Waals surface area contributed by atoms with E-state index < -0.39 is 0 Å². The molecule has 86 valence electrons. The molecule has 0 radical (unpaired) electrons. The number of nitrogens with zero attached hydrogens (tertiary/aromatic N) is 1. The van der Waals surface area contributed by atoms with E-state index in [4.69, 9.17) is 4.74 Å². The lowest BCUT2D eigenvalue weighted by Gasteiger charge is -2.48. The smallest absolute Gasteiger partial charge is 0.410 e. The van der Waals surface area contributed by atoms with Gasteiger partial charge in [0.1, 0.15) is 5.60 Å². The Bertz CT molecular complexity index is 260. The van der Waals surface area contributed by atoms with Gasteiger partial charge in [-0.15, -0.1) is 0 Å². The van der Waals surface area contributed by atoms with Crippen LogP contribution in [0.5, 0.6) is 0 Å². The summed E-state index contributed by atoms with van der Waals surface area (Å²) < 4.78 is 5.39. The Morgan fingerprint density at radius 3 is 2.67 bits per heavy atom. The van der Waals surface area contributed by atoms with Crippen LogP contribution in [0.1, 0.15) is 33.6 Å². The van der Waals surface area contributed by atoms with Gasteiger partial charge in [0, 0.05) is 19.1 Å².